The Labute approximate surface area is 220 Å². The Balaban J connectivity index is 0.00000304. The van der Waals surface area contributed by atoms with E-state index in [1.54, 1.807) is 59.4 Å². The lowest BCUT2D eigenvalue weighted by Gasteiger charge is -2.22. The van der Waals surface area contributed by atoms with Crippen LogP contribution in [0.5, 0.6) is 0 Å². The van der Waals surface area contributed by atoms with Gasteiger partial charge in [0.25, 0.3) is 17.4 Å². The van der Waals surface area contributed by atoms with E-state index in [4.69, 9.17) is 11.6 Å². The number of hydrogen-bond acceptors (Lipinski definition) is 3. The van der Waals surface area contributed by atoms with Crippen LogP contribution < -0.4 is 16.2 Å². The first-order valence-corrected chi connectivity index (χ1v) is 12.0. The van der Waals surface area contributed by atoms with Crippen LogP contribution in [0, 0.1) is 6.92 Å². The van der Waals surface area contributed by atoms with Gasteiger partial charge in [0.05, 0.1) is 10.7 Å². The van der Waals surface area contributed by atoms with Crippen LogP contribution in [0.25, 0.3) is 16.6 Å². The molecular weight excluding hydrogens is 496 g/mol. The molecule has 5 rings (SSSR count). The van der Waals surface area contributed by atoms with E-state index >= 15 is 0 Å². The van der Waals surface area contributed by atoms with E-state index in [9.17, 15) is 14.4 Å². The number of benzene rings is 2. The summed E-state index contributed by atoms with van der Waals surface area (Å²) in [4.78, 5) is 41.1. The van der Waals surface area contributed by atoms with Gasteiger partial charge in [-0.1, -0.05) is 23.7 Å². The fraction of sp³-hybridized carbons (Fsp3) is 0.222. The van der Waals surface area contributed by atoms with Gasteiger partial charge in [0, 0.05) is 52.6 Å². The van der Waals surface area contributed by atoms with Gasteiger partial charge in [-0.15, -0.1) is 0 Å². The summed E-state index contributed by atoms with van der Waals surface area (Å²) in [6.45, 7) is 1.87. The van der Waals surface area contributed by atoms with Crippen LogP contribution in [0.2, 0.25) is 5.02 Å². The predicted molar refractivity (Wildman–Crippen MR) is 147 cm³/mol. The minimum absolute atomic E-state index is 0. The molecule has 0 saturated heterocycles. The highest BCUT2D eigenvalue weighted by molar-refractivity contribution is 7.59. The fourth-order valence-electron chi connectivity index (χ4n) is 4.73. The quantitative estimate of drug-likeness (QED) is 0.361. The lowest BCUT2D eigenvalue weighted by Crippen LogP contribution is -2.48. The number of aryl methyl sites for hydroxylation is 1. The van der Waals surface area contributed by atoms with Gasteiger partial charge in [0.1, 0.15) is 0 Å². The van der Waals surface area contributed by atoms with Crippen molar-refractivity contribution in [1.29, 1.82) is 0 Å². The highest BCUT2D eigenvalue weighted by Crippen LogP contribution is 2.25. The second-order valence-electron chi connectivity index (χ2n) is 8.90. The number of hydrogen-bond donors (Lipinski definition) is 3. The highest BCUT2D eigenvalue weighted by Gasteiger charge is 2.30. The standard InChI is InChI=1S/C27H25ClN4O3.H2S/c1-16-13-17(9-11-24(16)32-12-3-2-7-25(32)33)26(34)30-21-5-4-6-22(21)31-27(35)18-8-10-19-20(28)15-29-23(19)14-18;/h2-3,7-15,21-22,29H,4-6H2,1H3,(H,30,34)(H,31,35);1H2/t21?,22-;/m1./s1. The lowest BCUT2D eigenvalue weighted by atomic mass is 10.1. The Kier molecular flexibility index (Phi) is 7.56. The molecular formula is C27H27ClN4O3S. The van der Waals surface area contributed by atoms with E-state index in [2.05, 4.69) is 15.6 Å². The van der Waals surface area contributed by atoms with Crippen molar-refractivity contribution in [3.8, 4) is 5.69 Å². The van der Waals surface area contributed by atoms with Crippen molar-refractivity contribution in [2.24, 2.45) is 0 Å². The average Bonchev–Trinajstić information content (AvgIpc) is 3.45. The number of nitrogens with one attached hydrogen (secondary N) is 3. The number of rotatable bonds is 5. The molecule has 1 saturated carbocycles. The molecule has 36 heavy (non-hydrogen) atoms. The van der Waals surface area contributed by atoms with Gasteiger partial charge in [-0.05, 0) is 68.1 Å². The molecule has 1 aliphatic rings. The van der Waals surface area contributed by atoms with Crippen LogP contribution in [0.4, 0.5) is 0 Å². The number of aromatic nitrogens is 2. The summed E-state index contributed by atoms with van der Waals surface area (Å²) in [6.07, 6.45) is 5.90. The average molecular weight is 523 g/mol. The zero-order valence-corrected chi connectivity index (χ0v) is 21.4. The Bertz CT molecular complexity index is 1500. The van der Waals surface area contributed by atoms with Crippen LogP contribution in [0.15, 0.2) is 71.8 Å². The first kappa shape index (κ1) is 25.6. The van der Waals surface area contributed by atoms with Crippen molar-refractivity contribution in [1.82, 2.24) is 20.2 Å². The van der Waals surface area contributed by atoms with E-state index in [0.717, 1.165) is 41.4 Å². The number of halogens is 1. The van der Waals surface area contributed by atoms with Gasteiger partial charge in [-0.3, -0.25) is 19.0 Å². The first-order valence-electron chi connectivity index (χ1n) is 11.6. The Morgan fingerprint density at radius 1 is 0.972 bits per heavy atom. The molecule has 1 unspecified atom stereocenters. The molecule has 9 heteroatoms. The number of nitrogens with zero attached hydrogens (tertiary/aromatic N) is 1. The topological polar surface area (TPSA) is 96.0 Å². The molecule has 1 fully saturated rings. The molecule has 4 aromatic rings. The van der Waals surface area contributed by atoms with Gasteiger partial charge >= 0.3 is 0 Å². The molecule has 0 spiro atoms. The number of amides is 2. The number of pyridine rings is 1. The maximum Gasteiger partial charge on any atom is 0.255 e. The van der Waals surface area contributed by atoms with Crippen molar-refractivity contribution in [3.63, 3.8) is 0 Å². The Morgan fingerprint density at radius 2 is 1.64 bits per heavy atom. The molecule has 186 valence electrons. The zero-order valence-electron chi connectivity index (χ0n) is 19.7. The van der Waals surface area contributed by atoms with Crippen molar-refractivity contribution in [2.45, 2.75) is 38.3 Å². The second-order valence-corrected chi connectivity index (χ2v) is 9.31. The highest BCUT2D eigenvalue weighted by atomic mass is 35.5. The summed E-state index contributed by atoms with van der Waals surface area (Å²) in [5, 5.41) is 7.65. The minimum Gasteiger partial charge on any atom is -0.360 e. The number of fused-ring (bicyclic) bond motifs is 1. The third-order valence-electron chi connectivity index (χ3n) is 6.58. The van der Waals surface area contributed by atoms with E-state index in [1.807, 2.05) is 13.0 Å². The largest absolute Gasteiger partial charge is 0.360 e. The smallest absolute Gasteiger partial charge is 0.255 e. The molecule has 0 aliphatic heterocycles. The SMILES string of the molecule is Cc1cc(C(=O)NC2CCC[C@H]2NC(=O)c2ccc3c(Cl)c[nH]c3c2)ccc1-n1ccccc1=O.S. The van der Waals surface area contributed by atoms with E-state index in [0.29, 0.717) is 16.1 Å². The van der Waals surface area contributed by atoms with Gasteiger partial charge in [0.2, 0.25) is 0 Å². The molecule has 0 bridgehead atoms. The monoisotopic (exact) mass is 522 g/mol. The van der Waals surface area contributed by atoms with Gasteiger partial charge < -0.3 is 15.6 Å². The fourth-order valence-corrected chi connectivity index (χ4v) is 4.95. The predicted octanol–water partition coefficient (Wildman–Crippen LogP) is 4.47. The summed E-state index contributed by atoms with van der Waals surface area (Å²) >= 11 is 6.13. The summed E-state index contributed by atoms with van der Waals surface area (Å²) < 4.78 is 1.55. The van der Waals surface area contributed by atoms with Crippen molar-refractivity contribution >= 4 is 47.8 Å². The van der Waals surface area contributed by atoms with Crippen LogP contribution in [-0.4, -0.2) is 33.4 Å². The van der Waals surface area contributed by atoms with E-state index < -0.39 is 0 Å². The maximum atomic E-state index is 13.0. The number of carbonyl (C=O) groups is 2. The number of aromatic amines is 1. The minimum atomic E-state index is -0.200. The molecule has 2 atom stereocenters. The Morgan fingerprint density at radius 3 is 2.31 bits per heavy atom. The first-order chi connectivity index (χ1) is 16.9. The van der Waals surface area contributed by atoms with Crippen LogP contribution in [-0.2, 0) is 0 Å². The lowest BCUT2D eigenvalue weighted by molar-refractivity contribution is 0.0892. The zero-order chi connectivity index (χ0) is 24.5. The van der Waals surface area contributed by atoms with Gasteiger partial charge in [0.15, 0.2) is 0 Å². The Hall–Kier alpha value is -3.49. The van der Waals surface area contributed by atoms with Crippen molar-refractivity contribution < 1.29 is 9.59 Å². The molecule has 1 aliphatic carbocycles. The molecule has 2 heterocycles. The van der Waals surface area contributed by atoms with Crippen molar-refractivity contribution in [3.05, 3.63) is 99.1 Å². The van der Waals surface area contributed by atoms with Gasteiger partial charge in [-0.2, -0.15) is 13.5 Å². The van der Waals surface area contributed by atoms with Crippen LogP contribution in [0.1, 0.15) is 45.5 Å². The summed E-state index contributed by atoms with van der Waals surface area (Å²) in [6, 6.07) is 15.3. The molecule has 7 nitrogen and oxygen atoms in total. The molecule has 2 amide bonds. The third-order valence-corrected chi connectivity index (χ3v) is 6.90. The summed E-state index contributed by atoms with van der Waals surface area (Å²) in [5.74, 6) is -0.383. The number of carbonyl (C=O) groups excluding carboxylic acids is 2. The maximum absolute atomic E-state index is 13.0. The third kappa shape index (κ3) is 5.05. The van der Waals surface area contributed by atoms with E-state index in [-0.39, 0.29) is 43.0 Å². The second kappa shape index (κ2) is 10.6. The normalized spacial score (nSPS) is 16.9. The molecule has 0 radical (unpaired) electrons. The van der Waals surface area contributed by atoms with Crippen molar-refractivity contribution in [2.75, 3.05) is 0 Å². The molecule has 2 aromatic carbocycles. The summed E-state index contributed by atoms with van der Waals surface area (Å²) in [7, 11) is 0. The molecule has 2 aromatic heterocycles. The number of H-pyrrole nitrogens is 1. The van der Waals surface area contributed by atoms with Crippen LogP contribution >= 0.6 is 25.1 Å². The molecule has 3 N–H and O–H groups in total. The summed E-state index contributed by atoms with van der Waals surface area (Å²) in [5.41, 5.74) is 3.28. The van der Waals surface area contributed by atoms with E-state index in [1.165, 1.54) is 6.07 Å². The van der Waals surface area contributed by atoms with Crippen LogP contribution in [0.3, 0.4) is 0 Å². The van der Waals surface area contributed by atoms with Gasteiger partial charge in [-0.25, -0.2) is 0 Å².